The average Bonchev–Trinajstić information content (AvgIpc) is 3.30. The van der Waals surface area contributed by atoms with Crippen molar-refractivity contribution in [3.8, 4) is 5.75 Å². The lowest BCUT2D eigenvalue weighted by molar-refractivity contribution is -0.137. The van der Waals surface area contributed by atoms with Crippen molar-refractivity contribution < 1.29 is 14.6 Å². The number of carboxylic acids is 1. The molecule has 0 saturated carbocycles. The number of anilines is 1. The molecule has 3 aromatic heterocycles. The molecule has 1 N–H and O–H groups in total. The van der Waals surface area contributed by atoms with Gasteiger partial charge in [0.1, 0.15) is 11.4 Å². The highest BCUT2D eigenvalue weighted by Gasteiger charge is 2.19. The number of imidazole rings is 1. The molecule has 7 heteroatoms. The summed E-state index contributed by atoms with van der Waals surface area (Å²) in [7, 11) is 3.63. The molecule has 0 aliphatic carbocycles. The van der Waals surface area contributed by atoms with Crippen molar-refractivity contribution >= 4 is 38.9 Å². The van der Waals surface area contributed by atoms with Gasteiger partial charge in [0.2, 0.25) is 0 Å². The lowest BCUT2D eigenvalue weighted by Crippen LogP contribution is -2.21. The first-order valence-corrected chi connectivity index (χ1v) is 10.8. The Morgan fingerprint density at radius 2 is 2.13 bits per heavy atom. The number of aromatic nitrogens is 2. The van der Waals surface area contributed by atoms with Crippen LogP contribution in [-0.4, -0.2) is 41.2 Å². The molecular weight excluding hydrogens is 398 g/mol. The molecule has 0 unspecified atom stereocenters. The van der Waals surface area contributed by atoms with Crippen molar-refractivity contribution in [1.82, 2.24) is 9.38 Å². The number of aryl methyl sites for hydroxylation is 1. The van der Waals surface area contributed by atoms with Crippen molar-refractivity contribution in [2.75, 3.05) is 25.6 Å². The molecule has 6 nitrogen and oxygen atoms in total. The van der Waals surface area contributed by atoms with Crippen LogP contribution < -0.4 is 9.64 Å². The Morgan fingerprint density at radius 3 is 2.90 bits per heavy atom. The van der Waals surface area contributed by atoms with Gasteiger partial charge in [-0.15, -0.1) is 11.3 Å². The maximum absolute atomic E-state index is 10.9. The lowest BCUT2D eigenvalue weighted by atomic mass is 10.0. The number of nitrogens with zero attached hydrogens (tertiary/aromatic N) is 3. The van der Waals surface area contributed by atoms with Gasteiger partial charge in [0.25, 0.3) is 0 Å². The van der Waals surface area contributed by atoms with Crippen LogP contribution >= 0.6 is 11.3 Å². The maximum Gasteiger partial charge on any atom is 0.303 e. The fraction of sp³-hybridized carbons (Fsp3) is 0.304. The molecule has 0 aliphatic rings. The Kier molecular flexibility index (Phi) is 5.63. The van der Waals surface area contributed by atoms with Crippen LogP contribution in [-0.2, 0) is 11.2 Å². The van der Waals surface area contributed by atoms with Crippen LogP contribution in [0.4, 0.5) is 5.82 Å². The second kappa shape index (κ2) is 8.36. The number of pyridine rings is 1. The molecule has 0 spiro atoms. The number of ether oxygens (including phenoxy) is 1. The largest absolute Gasteiger partial charge is 0.495 e. The van der Waals surface area contributed by atoms with Gasteiger partial charge >= 0.3 is 5.97 Å². The summed E-state index contributed by atoms with van der Waals surface area (Å²) in [5, 5.41) is 12.5. The van der Waals surface area contributed by atoms with Crippen molar-refractivity contribution in [3.63, 3.8) is 0 Å². The highest BCUT2D eigenvalue weighted by molar-refractivity contribution is 7.17. The van der Waals surface area contributed by atoms with Crippen molar-refractivity contribution in [3.05, 3.63) is 58.7 Å². The molecule has 0 saturated heterocycles. The van der Waals surface area contributed by atoms with Crippen LogP contribution in [0, 0.1) is 6.92 Å². The molecular formula is C23H25N3O3S. The number of rotatable bonds is 8. The number of carboxylic acid groups (broad SMARTS) is 1. The van der Waals surface area contributed by atoms with Crippen LogP contribution in [0.2, 0.25) is 0 Å². The molecule has 0 fully saturated rings. The first kappa shape index (κ1) is 20.2. The second-order valence-electron chi connectivity index (χ2n) is 7.48. The van der Waals surface area contributed by atoms with Crippen LogP contribution in [0.15, 0.2) is 41.9 Å². The predicted octanol–water partition coefficient (Wildman–Crippen LogP) is 4.76. The molecule has 0 aliphatic heterocycles. The summed E-state index contributed by atoms with van der Waals surface area (Å²) in [6.45, 7) is 2.78. The minimum absolute atomic E-state index is 0.148. The Labute approximate surface area is 179 Å². The van der Waals surface area contributed by atoms with E-state index in [1.807, 2.05) is 25.4 Å². The zero-order chi connectivity index (χ0) is 21.3. The molecule has 0 radical (unpaired) electrons. The third-order valence-corrected chi connectivity index (χ3v) is 6.39. The fourth-order valence-electron chi connectivity index (χ4n) is 3.88. The van der Waals surface area contributed by atoms with E-state index < -0.39 is 5.97 Å². The smallest absolute Gasteiger partial charge is 0.303 e. The average molecular weight is 424 g/mol. The molecule has 0 amide bonds. The minimum atomic E-state index is -0.774. The van der Waals surface area contributed by atoms with E-state index in [0.29, 0.717) is 13.0 Å². The normalized spacial score (nSPS) is 11.3. The van der Waals surface area contributed by atoms with E-state index in [2.05, 4.69) is 39.8 Å². The standard InChI is InChI=1S/C23H25N3O3S/c1-15-6-4-7-19-22(15)16(14-30-19)12-18-23(25(2)11-5-8-21(27)28)24-20-10-9-17(29-3)13-26(18)20/h4,6-7,9-10,13-14H,5,8,11-12H2,1-3H3,(H,27,28). The van der Waals surface area contributed by atoms with Crippen LogP contribution in [0.3, 0.4) is 0 Å². The highest BCUT2D eigenvalue weighted by Crippen LogP contribution is 2.33. The third kappa shape index (κ3) is 3.85. The van der Waals surface area contributed by atoms with E-state index in [1.54, 1.807) is 18.4 Å². The van der Waals surface area contributed by atoms with E-state index in [0.717, 1.165) is 29.3 Å². The monoisotopic (exact) mass is 423 g/mol. The number of aliphatic carboxylic acids is 1. The zero-order valence-corrected chi connectivity index (χ0v) is 18.2. The molecule has 30 heavy (non-hydrogen) atoms. The maximum atomic E-state index is 10.9. The highest BCUT2D eigenvalue weighted by atomic mass is 32.1. The second-order valence-corrected chi connectivity index (χ2v) is 8.40. The third-order valence-electron chi connectivity index (χ3n) is 5.39. The van der Waals surface area contributed by atoms with Crippen LogP contribution in [0.5, 0.6) is 5.75 Å². The molecule has 156 valence electrons. The zero-order valence-electron chi connectivity index (χ0n) is 17.4. The van der Waals surface area contributed by atoms with E-state index in [9.17, 15) is 4.79 Å². The van der Waals surface area contributed by atoms with Gasteiger partial charge in [0, 0.05) is 31.1 Å². The first-order chi connectivity index (χ1) is 14.5. The minimum Gasteiger partial charge on any atom is -0.495 e. The summed E-state index contributed by atoms with van der Waals surface area (Å²) in [5.74, 6) is 0.873. The quantitative estimate of drug-likeness (QED) is 0.443. The van der Waals surface area contributed by atoms with Crippen LogP contribution in [0.25, 0.3) is 15.7 Å². The van der Waals surface area contributed by atoms with E-state index in [-0.39, 0.29) is 6.42 Å². The van der Waals surface area contributed by atoms with E-state index >= 15 is 0 Å². The summed E-state index contributed by atoms with van der Waals surface area (Å²) in [6, 6.07) is 10.3. The summed E-state index contributed by atoms with van der Waals surface area (Å²) in [4.78, 5) is 17.8. The fourth-order valence-corrected chi connectivity index (χ4v) is 4.92. The van der Waals surface area contributed by atoms with E-state index in [1.165, 1.54) is 21.2 Å². The number of methoxy groups -OCH3 is 1. The molecule has 1 aromatic carbocycles. The van der Waals surface area contributed by atoms with Crippen molar-refractivity contribution in [2.24, 2.45) is 0 Å². The van der Waals surface area contributed by atoms with Gasteiger partial charge in [0.05, 0.1) is 19.0 Å². The van der Waals surface area contributed by atoms with Gasteiger partial charge in [-0.25, -0.2) is 4.98 Å². The molecule has 4 aromatic rings. The van der Waals surface area contributed by atoms with Gasteiger partial charge in [0.15, 0.2) is 5.82 Å². The van der Waals surface area contributed by atoms with Crippen LogP contribution in [0.1, 0.15) is 29.7 Å². The lowest BCUT2D eigenvalue weighted by Gasteiger charge is -2.18. The van der Waals surface area contributed by atoms with Gasteiger partial charge in [-0.05, 0) is 53.4 Å². The van der Waals surface area contributed by atoms with Crippen molar-refractivity contribution in [2.45, 2.75) is 26.2 Å². The number of benzene rings is 1. The summed E-state index contributed by atoms with van der Waals surface area (Å²) in [5.41, 5.74) is 4.47. The Balaban J connectivity index is 1.78. The summed E-state index contributed by atoms with van der Waals surface area (Å²) in [6.07, 6.45) is 3.42. The topological polar surface area (TPSA) is 67.1 Å². The van der Waals surface area contributed by atoms with Gasteiger partial charge in [-0.3, -0.25) is 9.20 Å². The Morgan fingerprint density at radius 1 is 1.30 bits per heavy atom. The predicted molar refractivity (Wildman–Crippen MR) is 121 cm³/mol. The molecule has 0 bridgehead atoms. The molecule has 3 heterocycles. The van der Waals surface area contributed by atoms with E-state index in [4.69, 9.17) is 14.8 Å². The number of fused-ring (bicyclic) bond motifs is 2. The number of thiophene rings is 1. The summed E-state index contributed by atoms with van der Waals surface area (Å²) >= 11 is 1.76. The Bertz CT molecular complexity index is 1210. The van der Waals surface area contributed by atoms with Gasteiger partial charge in [-0.1, -0.05) is 12.1 Å². The number of hydrogen-bond donors (Lipinski definition) is 1. The Hall–Kier alpha value is -3.06. The summed E-state index contributed by atoms with van der Waals surface area (Å²) < 4.78 is 8.81. The number of carbonyl (C=O) groups is 1. The molecule has 0 atom stereocenters. The molecule has 4 rings (SSSR count). The first-order valence-electron chi connectivity index (χ1n) is 9.91. The number of hydrogen-bond acceptors (Lipinski definition) is 5. The van der Waals surface area contributed by atoms with Crippen molar-refractivity contribution in [1.29, 1.82) is 0 Å². The SMILES string of the molecule is COc1ccc2nc(N(C)CCCC(=O)O)c(Cc3csc4cccc(C)c34)n2c1. The van der Waals surface area contributed by atoms with Gasteiger partial charge in [-0.2, -0.15) is 0 Å². The van der Waals surface area contributed by atoms with Gasteiger partial charge < -0.3 is 14.7 Å².